The van der Waals surface area contributed by atoms with Crippen molar-refractivity contribution < 1.29 is 14.2 Å². The number of fused-ring (bicyclic) bond motifs is 1. The molecule has 0 spiro atoms. The number of alkyl halides is 1. The van der Waals surface area contributed by atoms with Crippen molar-refractivity contribution in [3.05, 3.63) is 98.5 Å². The summed E-state index contributed by atoms with van der Waals surface area (Å²) in [6.45, 7) is 5.05. The average Bonchev–Trinajstić information content (AvgIpc) is 3.30. The third-order valence-corrected chi connectivity index (χ3v) is 8.47. The monoisotopic (exact) mass is 567 g/mol. The van der Waals surface area contributed by atoms with Crippen molar-refractivity contribution >= 4 is 34.3 Å². The van der Waals surface area contributed by atoms with Crippen molar-refractivity contribution in [2.75, 3.05) is 32.9 Å². The Bertz CT molecular complexity index is 1320. The zero-order chi connectivity index (χ0) is 27.4. The van der Waals surface area contributed by atoms with Crippen LogP contribution >= 0.6 is 23.2 Å². The van der Waals surface area contributed by atoms with Crippen LogP contribution in [-0.2, 0) is 6.42 Å². The van der Waals surface area contributed by atoms with Gasteiger partial charge in [-0.1, -0.05) is 59.6 Å². The smallest absolute Gasteiger partial charge is 0.119 e. The molecule has 3 aromatic rings. The van der Waals surface area contributed by atoms with Gasteiger partial charge in [0.25, 0.3) is 0 Å². The Morgan fingerprint density at radius 1 is 1.03 bits per heavy atom. The number of hydrogen-bond donors (Lipinski definition) is 1. The zero-order valence-electron chi connectivity index (χ0n) is 22.4. The van der Waals surface area contributed by atoms with Crippen LogP contribution in [0.5, 0.6) is 5.75 Å². The second-order valence-electron chi connectivity index (χ2n) is 10.8. The molecule has 2 atom stereocenters. The fraction of sp³-hybridized carbons (Fsp3) is 0.394. The quantitative estimate of drug-likeness (QED) is 0.281. The van der Waals surface area contributed by atoms with Crippen molar-refractivity contribution in [3.63, 3.8) is 0 Å². The van der Waals surface area contributed by atoms with Crippen LogP contribution in [0.3, 0.4) is 0 Å². The predicted octanol–water partition coefficient (Wildman–Crippen LogP) is 8.40. The molecule has 2 aliphatic rings. The van der Waals surface area contributed by atoms with Gasteiger partial charge in [0.05, 0.1) is 19.4 Å². The van der Waals surface area contributed by atoms with E-state index in [1.54, 1.807) is 6.92 Å². The van der Waals surface area contributed by atoms with Crippen LogP contribution in [-0.4, -0.2) is 42.9 Å². The fourth-order valence-corrected chi connectivity index (χ4v) is 6.39. The Labute approximate surface area is 241 Å². The number of ether oxygens (including phenoxy) is 1. The molecule has 1 aliphatic carbocycles. The minimum atomic E-state index is -0.511. The van der Waals surface area contributed by atoms with E-state index in [0.29, 0.717) is 29.0 Å². The summed E-state index contributed by atoms with van der Waals surface area (Å²) in [7, 11) is 0. The number of likely N-dealkylation sites (tertiary alicyclic amines) is 1. The number of allylic oxidation sites excluding steroid dienone is 1. The first kappa shape index (κ1) is 28.2. The fourth-order valence-electron chi connectivity index (χ4n) is 5.87. The van der Waals surface area contributed by atoms with Gasteiger partial charge >= 0.3 is 0 Å². The molecule has 1 fully saturated rings. The highest BCUT2D eigenvalue weighted by molar-refractivity contribution is 6.36. The molecular weight excluding hydrogens is 532 g/mol. The van der Waals surface area contributed by atoms with E-state index in [2.05, 4.69) is 29.2 Å². The van der Waals surface area contributed by atoms with Crippen molar-refractivity contribution in [2.45, 2.75) is 45.1 Å². The van der Waals surface area contributed by atoms with Gasteiger partial charge in [-0.15, -0.1) is 0 Å². The number of aliphatic hydroxyl groups is 1. The lowest BCUT2D eigenvalue weighted by Crippen LogP contribution is -2.23. The van der Waals surface area contributed by atoms with E-state index >= 15 is 0 Å². The van der Waals surface area contributed by atoms with Crippen molar-refractivity contribution in [2.24, 2.45) is 5.92 Å². The Kier molecular flexibility index (Phi) is 9.29. The van der Waals surface area contributed by atoms with Crippen LogP contribution in [0.1, 0.15) is 66.5 Å². The maximum absolute atomic E-state index is 12.5. The van der Waals surface area contributed by atoms with Gasteiger partial charge in [0, 0.05) is 29.1 Å². The van der Waals surface area contributed by atoms with Crippen LogP contribution in [0.15, 0.2) is 60.7 Å². The van der Waals surface area contributed by atoms with Gasteiger partial charge in [0.15, 0.2) is 0 Å². The number of aliphatic hydroxyl groups excluding tert-OH is 1. The summed E-state index contributed by atoms with van der Waals surface area (Å²) in [6.07, 6.45) is 3.99. The Morgan fingerprint density at radius 3 is 2.56 bits per heavy atom. The molecule has 0 radical (unpaired) electrons. The third kappa shape index (κ3) is 6.69. The topological polar surface area (TPSA) is 32.7 Å². The molecule has 3 nitrogen and oxygen atoms in total. The molecule has 1 N–H and O–H groups in total. The van der Waals surface area contributed by atoms with Gasteiger partial charge in [-0.05, 0) is 109 Å². The zero-order valence-corrected chi connectivity index (χ0v) is 23.9. The van der Waals surface area contributed by atoms with Gasteiger partial charge in [-0.3, -0.25) is 4.39 Å². The summed E-state index contributed by atoms with van der Waals surface area (Å²) < 4.78 is 18.7. The van der Waals surface area contributed by atoms with Crippen molar-refractivity contribution in [1.82, 2.24) is 4.90 Å². The molecule has 0 bridgehead atoms. The first-order valence-electron chi connectivity index (χ1n) is 13.9. The molecule has 0 saturated carbocycles. The molecule has 1 aliphatic heterocycles. The van der Waals surface area contributed by atoms with E-state index in [-0.39, 0.29) is 6.67 Å². The highest BCUT2D eigenvalue weighted by Crippen LogP contribution is 2.43. The van der Waals surface area contributed by atoms with E-state index in [4.69, 9.17) is 27.9 Å². The maximum Gasteiger partial charge on any atom is 0.119 e. The van der Waals surface area contributed by atoms with Crippen LogP contribution in [0.25, 0.3) is 11.1 Å². The molecule has 39 heavy (non-hydrogen) atoms. The molecular formula is C33H36Cl2FNO2. The molecule has 0 amide bonds. The molecule has 5 rings (SSSR count). The van der Waals surface area contributed by atoms with Crippen LogP contribution in [0, 0.1) is 5.92 Å². The Hall–Kier alpha value is -2.37. The average molecular weight is 569 g/mol. The highest BCUT2D eigenvalue weighted by Gasteiger charge is 2.24. The first-order chi connectivity index (χ1) is 18.9. The van der Waals surface area contributed by atoms with Crippen molar-refractivity contribution in [3.8, 4) is 5.75 Å². The summed E-state index contributed by atoms with van der Waals surface area (Å²) in [5.74, 6) is 1.33. The highest BCUT2D eigenvalue weighted by atomic mass is 35.5. The standard InChI is InChI=1S/C33H36Cl2FNO2/c1-22(38)25-8-12-29-26(18-25)4-2-5-31(30-13-9-27(34)19-32(30)35)33(29)24-6-10-28(11-7-24)39-21-23-14-17-37(20-23)16-3-15-36/h6-13,18-19,22-23,38H,2-5,14-17,20-21H2,1H3. The molecule has 0 aromatic heterocycles. The van der Waals surface area contributed by atoms with Crippen LogP contribution < -0.4 is 4.74 Å². The number of hydrogen-bond acceptors (Lipinski definition) is 3. The van der Waals surface area contributed by atoms with Gasteiger partial charge in [-0.25, -0.2) is 0 Å². The lowest BCUT2D eigenvalue weighted by molar-refractivity contribution is 0.199. The normalized spacial score (nSPS) is 18.6. The lowest BCUT2D eigenvalue weighted by atomic mass is 9.87. The SMILES string of the molecule is CC(O)c1ccc2c(c1)CCCC(c1ccc(Cl)cc1Cl)=C2c1ccc(OCC2CCN(CCCF)C2)cc1. The number of nitrogens with zero attached hydrogens (tertiary/aromatic N) is 1. The van der Waals surface area contributed by atoms with Crippen LogP contribution in [0.4, 0.5) is 4.39 Å². The molecule has 3 aromatic carbocycles. The summed E-state index contributed by atoms with van der Waals surface area (Å²) in [5, 5.41) is 11.5. The predicted molar refractivity (Wildman–Crippen MR) is 159 cm³/mol. The number of halogens is 3. The van der Waals surface area contributed by atoms with E-state index < -0.39 is 6.10 Å². The molecule has 6 heteroatoms. The van der Waals surface area contributed by atoms with E-state index in [1.165, 1.54) is 16.7 Å². The minimum absolute atomic E-state index is 0.251. The Morgan fingerprint density at radius 2 is 1.82 bits per heavy atom. The summed E-state index contributed by atoms with van der Waals surface area (Å²) in [6, 6.07) is 20.4. The van der Waals surface area contributed by atoms with Gasteiger partial charge in [-0.2, -0.15) is 0 Å². The molecule has 1 saturated heterocycles. The Balaban J connectivity index is 1.45. The van der Waals surface area contributed by atoms with Crippen LogP contribution in [0.2, 0.25) is 10.0 Å². The van der Waals surface area contributed by atoms with Crippen molar-refractivity contribution in [1.29, 1.82) is 0 Å². The first-order valence-corrected chi connectivity index (χ1v) is 14.7. The van der Waals surface area contributed by atoms with E-state index in [0.717, 1.165) is 73.3 Å². The van der Waals surface area contributed by atoms with E-state index in [9.17, 15) is 9.50 Å². The third-order valence-electron chi connectivity index (χ3n) is 7.92. The van der Waals surface area contributed by atoms with E-state index in [1.807, 2.05) is 36.4 Å². The summed E-state index contributed by atoms with van der Waals surface area (Å²) >= 11 is 13.0. The number of benzene rings is 3. The van der Waals surface area contributed by atoms with Gasteiger partial charge in [0.2, 0.25) is 0 Å². The summed E-state index contributed by atoms with van der Waals surface area (Å²) in [4.78, 5) is 2.33. The lowest BCUT2D eigenvalue weighted by Gasteiger charge is -2.19. The molecule has 2 unspecified atom stereocenters. The summed E-state index contributed by atoms with van der Waals surface area (Å²) in [5.41, 5.74) is 7.81. The molecule has 1 heterocycles. The molecule has 206 valence electrons. The maximum atomic E-state index is 12.5. The number of aryl methyl sites for hydroxylation is 1. The second kappa shape index (κ2) is 12.9. The van der Waals surface area contributed by atoms with Gasteiger partial charge in [0.1, 0.15) is 5.75 Å². The number of rotatable bonds is 9. The second-order valence-corrected chi connectivity index (χ2v) is 11.6. The van der Waals surface area contributed by atoms with Gasteiger partial charge < -0.3 is 14.7 Å². The minimum Gasteiger partial charge on any atom is -0.493 e. The largest absolute Gasteiger partial charge is 0.493 e.